The molecule has 0 bridgehead atoms. The number of carbonyl (C=O) groups excluding carboxylic acids is 2. The van der Waals surface area contributed by atoms with Crippen LogP contribution in [0.3, 0.4) is 0 Å². The van der Waals surface area contributed by atoms with E-state index in [1.54, 1.807) is 25.1 Å². The van der Waals surface area contributed by atoms with Gasteiger partial charge in [-0.1, -0.05) is 36.4 Å². The molecule has 2 aromatic rings. The van der Waals surface area contributed by atoms with Gasteiger partial charge in [0.1, 0.15) is 0 Å². The number of rotatable bonds is 7. The highest BCUT2D eigenvalue weighted by molar-refractivity contribution is 5.95. The number of hydrogen-bond donors (Lipinski definition) is 0. The fraction of sp³-hybridized carbons (Fsp3) is 0.263. The van der Waals surface area contributed by atoms with E-state index in [0.717, 1.165) is 12.8 Å². The van der Waals surface area contributed by atoms with Gasteiger partial charge < -0.3 is 9.47 Å². The molecular weight excluding hydrogens is 292 g/mol. The molecule has 0 amide bonds. The van der Waals surface area contributed by atoms with Crippen molar-refractivity contribution in [3.05, 3.63) is 71.3 Å². The SMILES string of the molecule is CCOC(=O)c1cccc(C(=O)OCCCc2ccccc2)c1. The molecule has 0 atom stereocenters. The average molecular weight is 312 g/mol. The van der Waals surface area contributed by atoms with Crippen molar-refractivity contribution in [2.75, 3.05) is 13.2 Å². The van der Waals surface area contributed by atoms with Crippen LogP contribution < -0.4 is 0 Å². The van der Waals surface area contributed by atoms with Gasteiger partial charge in [-0.15, -0.1) is 0 Å². The minimum absolute atomic E-state index is 0.299. The summed E-state index contributed by atoms with van der Waals surface area (Å²) >= 11 is 0. The molecule has 0 heterocycles. The molecule has 0 unspecified atom stereocenters. The summed E-state index contributed by atoms with van der Waals surface area (Å²) in [6, 6.07) is 16.4. The third kappa shape index (κ3) is 5.25. The molecule has 4 nitrogen and oxygen atoms in total. The zero-order valence-corrected chi connectivity index (χ0v) is 13.2. The van der Waals surface area contributed by atoms with Crippen LogP contribution in [0.5, 0.6) is 0 Å². The first kappa shape index (κ1) is 16.7. The highest BCUT2D eigenvalue weighted by Crippen LogP contribution is 2.09. The summed E-state index contributed by atoms with van der Waals surface area (Å²) < 4.78 is 10.2. The standard InChI is InChI=1S/C19H20O4/c1-2-22-18(20)16-11-6-12-17(14-16)19(21)23-13-7-10-15-8-4-3-5-9-15/h3-6,8-9,11-12,14H,2,7,10,13H2,1H3. The lowest BCUT2D eigenvalue weighted by molar-refractivity contribution is 0.0500. The van der Waals surface area contributed by atoms with Crippen LogP contribution in [0.25, 0.3) is 0 Å². The molecule has 4 heteroatoms. The second-order valence-electron chi connectivity index (χ2n) is 5.03. The molecule has 2 aromatic carbocycles. The fourth-order valence-electron chi connectivity index (χ4n) is 2.16. The number of hydrogen-bond acceptors (Lipinski definition) is 4. The summed E-state index contributed by atoms with van der Waals surface area (Å²) in [5, 5.41) is 0. The van der Waals surface area contributed by atoms with Gasteiger partial charge in [-0.3, -0.25) is 0 Å². The fourth-order valence-corrected chi connectivity index (χ4v) is 2.16. The van der Waals surface area contributed by atoms with E-state index in [-0.39, 0.29) is 0 Å². The zero-order chi connectivity index (χ0) is 16.5. The Bertz CT molecular complexity index is 649. The maximum Gasteiger partial charge on any atom is 0.338 e. The second-order valence-corrected chi connectivity index (χ2v) is 5.03. The Morgan fingerprint density at radius 2 is 1.52 bits per heavy atom. The molecule has 120 valence electrons. The topological polar surface area (TPSA) is 52.6 Å². The van der Waals surface area contributed by atoms with Gasteiger partial charge in [0.05, 0.1) is 24.3 Å². The minimum atomic E-state index is -0.439. The van der Waals surface area contributed by atoms with Gasteiger partial charge >= 0.3 is 11.9 Å². The molecule has 2 rings (SSSR count). The van der Waals surface area contributed by atoms with Crippen LogP contribution in [0.15, 0.2) is 54.6 Å². The van der Waals surface area contributed by atoms with E-state index in [4.69, 9.17) is 9.47 Å². The van der Waals surface area contributed by atoms with Gasteiger partial charge in [0.25, 0.3) is 0 Å². The van der Waals surface area contributed by atoms with Gasteiger partial charge in [-0.05, 0) is 43.5 Å². The molecule has 0 aliphatic carbocycles. The van der Waals surface area contributed by atoms with Gasteiger partial charge in [-0.2, -0.15) is 0 Å². The average Bonchev–Trinajstić information content (AvgIpc) is 2.60. The van der Waals surface area contributed by atoms with Crippen molar-refractivity contribution < 1.29 is 19.1 Å². The molecular formula is C19H20O4. The third-order valence-electron chi connectivity index (χ3n) is 3.30. The van der Waals surface area contributed by atoms with E-state index < -0.39 is 11.9 Å². The summed E-state index contributed by atoms with van der Waals surface area (Å²) in [6.07, 6.45) is 1.62. The maximum absolute atomic E-state index is 12.0. The second kappa shape index (κ2) is 8.73. The third-order valence-corrected chi connectivity index (χ3v) is 3.30. The normalized spacial score (nSPS) is 10.1. The molecule has 0 fully saturated rings. The van der Waals surface area contributed by atoms with Crippen LogP contribution in [0.1, 0.15) is 39.6 Å². The van der Waals surface area contributed by atoms with Crippen LogP contribution in [0, 0.1) is 0 Å². The number of benzene rings is 2. The van der Waals surface area contributed by atoms with Crippen molar-refractivity contribution in [2.24, 2.45) is 0 Å². The Labute approximate surface area is 136 Å². The maximum atomic E-state index is 12.0. The highest BCUT2D eigenvalue weighted by atomic mass is 16.5. The molecule has 0 saturated carbocycles. The summed E-state index contributed by atoms with van der Waals surface area (Å²) in [7, 11) is 0. The zero-order valence-electron chi connectivity index (χ0n) is 13.2. The molecule has 0 N–H and O–H groups in total. The lowest BCUT2D eigenvalue weighted by Crippen LogP contribution is -2.10. The molecule has 0 aliphatic heterocycles. The van der Waals surface area contributed by atoms with E-state index in [9.17, 15) is 9.59 Å². The van der Waals surface area contributed by atoms with Crippen molar-refractivity contribution in [2.45, 2.75) is 19.8 Å². The van der Waals surface area contributed by atoms with E-state index in [1.165, 1.54) is 11.6 Å². The number of ether oxygens (including phenoxy) is 2. The monoisotopic (exact) mass is 312 g/mol. The summed E-state index contributed by atoms with van der Waals surface area (Å²) in [4.78, 5) is 23.7. The largest absolute Gasteiger partial charge is 0.462 e. The molecule has 0 spiro atoms. The van der Waals surface area contributed by atoms with Gasteiger partial charge in [0.15, 0.2) is 0 Å². The first-order valence-corrected chi connectivity index (χ1v) is 7.69. The highest BCUT2D eigenvalue weighted by Gasteiger charge is 2.12. The van der Waals surface area contributed by atoms with Gasteiger partial charge in [0.2, 0.25) is 0 Å². The van der Waals surface area contributed by atoms with Gasteiger partial charge in [0, 0.05) is 0 Å². The van der Waals surface area contributed by atoms with Crippen molar-refractivity contribution in [3.63, 3.8) is 0 Å². The minimum Gasteiger partial charge on any atom is -0.462 e. The number of carbonyl (C=O) groups is 2. The summed E-state index contributed by atoms with van der Waals surface area (Å²) in [5.41, 5.74) is 1.92. The van der Waals surface area contributed by atoms with Crippen molar-refractivity contribution in [1.29, 1.82) is 0 Å². The lowest BCUT2D eigenvalue weighted by atomic mass is 10.1. The van der Waals surface area contributed by atoms with E-state index in [0.29, 0.717) is 24.3 Å². The van der Waals surface area contributed by atoms with Crippen molar-refractivity contribution >= 4 is 11.9 Å². The van der Waals surface area contributed by atoms with E-state index >= 15 is 0 Å². The predicted octanol–water partition coefficient (Wildman–Crippen LogP) is 3.65. The molecule has 0 aromatic heterocycles. The molecule has 0 radical (unpaired) electrons. The van der Waals surface area contributed by atoms with Crippen molar-refractivity contribution in [3.8, 4) is 0 Å². The number of esters is 2. The van der Waals surface area contributed by atoms with Crippen LogP contribution in [0.4, 0.5) is 0 Å². The Kier molecular flexibility index (Phi) is 6.36. The lowest BCUT2D eigenvalue weighted by Gasteiger charge is -2.07. The smallest absolute Gasteiger partial charge is 0.338 e. The summed E-state index contributed by atoms with van der Waals surface area (Å²) in [6.45, 7) is 2.38. The number of aryl methyl sites for hydroxylation is 1. The quantitative estimate of drug-likeness (QED) is 0.578. The van der Waals surface area contributed by atoms with Crippen LogP contribution >= 0.6 is 0 Å². The predicted molar refractivity (Wildman–Crippen MR) is 87.4 cm³/mol. The molecule has 0 aliphatic rings. The first-order valence-electron chi connectivity index (χ1n) is 7.69. The van der Waals surface area contributed by atoms with E-state index in [2.05, 4.69) is 0 Å². The van der Waals surface area contributed by atoms with Crippen LogP contribution in [-0.2, 0) is 15.9 Å². The Hall–Kier alpha value is -2.62. The Balaban J connectivity index is 1.83. The van der Waals surface area contributed by atoms with E-state index in [1.807, 2.05) is 30.3 Å². The first-order chi connectivity index (χ1) is 11.2. The molecule has 0 saturated heterocycles. The molecule has 23 heavy (non-hydrogen) atoms. The Morgan fingerprint density at radius 1 is 0.870 bits per heavy atom. The van der Waals surface area contributed by atoms with Crippen LogP contribution in [-0.4, -0.2) is 25.2 Å². The van der Waals surface area contributed by atoms with Gasteiger partial charge in [-0.25, -0.2) is 9.59 Å². The summed E-state index contributed by atoms with van der Waals surface area (Å²) in [5.74, 6) is -0.865. The van der Waals surface area contributed by atoms with Crippen molar-refractivity contribution in [1.82, 2.24) is 0 Å². The Morgan fingerprint density at radius 3 is 2.17 bits per heavy atom. The van der Waals surface area contributed by atoms with Crippen LogP contribution in [0.2, 0.25) is 0 Å².